The van der Waals surface area contributed by atoms with E-state index in [9.17, 15) is 4.79 Å². The van der Waals surface area contributed by atoms with Crippen LogP contribution in [0.1, 0.15) is 49.0 Å². The van der Waals surface area contributed by atoms with Gasteiger partial charge in [-0.1, -0.05) is 24.3 Å². The number of hydrogen-bond acceptors (Lipinski definition) is 4. The molecule has 1 atom stereocenters. The number of amides is 1. The molecule has 1 aliphatic carbocycles. The van der Waals surface area contributed by atoms with Gasteiger partial charge in [0.05, 0.1) is 11.7 Å². The summed E-state index contributed by atoms with van der Waals surface area (Å²) in [4.78, 5) is 19.5. The topological polar surface area (TPSA) is 51.7 Å². The highest BCUT2D eigenvalue weighted by atomic mass is 16.5. The van der Waals surface area contributed by atoms with Crippen LogP contribution in [0.4, 0.5) is 0 Å². The highest BCUT2D eigenvalue weighted by Gasteiger charge is 2.42. The molecule has 2 saturated heterocycles. The number of fused-ring (bicyclic) bond motifs is 1. The van der Waals surface area contributed by atoms with Crippen molar-refractivity contribution in [1.82, 2.24) is 9.88 Å². The fourth-order valence-electron chi connectivity index (χ4n) is 4.59. The summed E-state index contributed by atoms with van der Waals surface area (Å²) in [6.07, 6.45) is 8.43. The molecule has 148 valence electrons. The minimum absolute atomic E-state index is 0.0315. The first kappa shape index (κ1) is 18.1. The number of aromatic nitrogens is 1. The second-order valence-electron chi connectivity index (χ2n) is 8.60. The van der Waals surface area contributed by atoms with Crippen LogP contribution in [0.25, 0.3) is 10.8 Å². The van der Waals surface area contributed by atoms with Crippen molar-refractivity contribution in [3.05, 3.63) is 42.2 Å². The van der Waals surface area contributed by atoms with E-state index in [4.69, 9.17) is 9.47 Å². The van der Waals surface area contributed by atoms with Gasteiger partial charge in [0, 0.05) is 44.3 Å². The maximum Gasteiger partial charge on any atom is 0.273 e. The maximum atomic E-state index is 13.1. The number of nitrogens with zero attached hydrogens (tertiary/aromatic N) is 2. The minimum Gasteiger partial charge on any atom is -0.378 e. The van der Waals surface area contributed by atoms with Crippen molar-refractivity contribution in [3.8, 4) is 0 Å². The van der Waals surface area contributed by atoms with Crippen molar-refractivity contribution in [2.75, 3.05) is 26.3 Å². The lowest BCUT2D eigenvalue weighted by molar-refractivity contribution is -0.153. The molecule has 1 aromatic carbocycles. The fraction of sp³-hybridized carbons (Fsp3) is 0.565. The van der Waals surface area contributed by atoms with Gasteiger partial charge in [-0.2, -0.15) is 0 Å². The lowest BCUT2D eigenvalue weighted by Crippen LogP contribution is -2.52. The number of ether oxygens (including phenoxy) is 2. The van der Waals surface area contributed by atoms with Gasteiger partial charge in [-0.25, -0.2) is 0 Å². The van der Waals surface area contributed by atoms with Crippen LogP contribution in [0.15, 0.2) is 36.5 Å². The predicted octanol–water partition coefficient (Wildman–Crippen LogP) is 3.82. The van der Waals surface area contributed by atoms with Gasteiger partial charge in [-0.15, -0.1) is 0 Å². The summed E-state index contributed by atoms with van der Waals surface area (Å²) in [6, 6.07) is 9.91. The number of carbonyl (C=O) groups is 1. The number of hydrogen-bond donors (Lipinski definition) is 0. The molecule has 2 aliphatic heterocycles. The van der Waals surface area contributed by atoms with Crippen molar-refractivity contribution in [3.63, 3.8) is 0 Å². The molecule has 1 unspecified atom stereocenters. The van der Waals surface area contributed by atoms with Gasteiger partial charge >= 0.3 is 0 Å². The zero-order chi connectivity index (χ0) is 19.0. The third kappa shape index (κ3) is 3.65. The third-order valence-electron chi connectivity index (χ3n) is 6.55. The molecule has 0 radical (unpaired) electrons. The second-order valence-corrected chi connectivity index (χ2v) is 8.60. The van der Waals surface area contributed by atoms with E-state index in [1.165, 1.54) is 12.8 Å². The Morgan fingerprint density at radius 3 is 2.82 bits per heavy atom. The van der Waals surface area contributed by atoms with E-state index >= 15 is 0 Å². The van der Waals surface area contributed by atoms with Crippen molar-refractivity contribution in [2.24, 2.45) is 5.92 Å². The Kier molecular flexibility index (Phi) is 4.81. The van der Waals surface area contributed by atoms with Crippen molar-refractivity contribution in [1.29, 1.82) is 0 Å². The number of carbonyl (C=O) groups excluding carboxylic acids is 1. The van der Waals surface area contributed by atoms with Gasteiger partial charge in [-0.05, 0) is 49.5 Å². The van der Waals surface area contributed by atoms with Crippen molar-refractivity contribution < 1.29 is 14.3 Å². The highest BCUT2D eigenvalue weighted by Crippen LogP contribution is 2.38. The molecule has 0 N–H and O–H groups in total. The Morgan fingerprint density at radius 2 is 2.00 bits per heavy atom. The molecule has 3 fully saturated rings. The summed E-state index contributed by atoms with van der Waals surface area (Å²) in [7, 11) is 0. The summed E-state index contributed by atoms with van der Waals surface area (Å²) in [5, 5.41) is 1.98. The van der Waals surface area contributed by atoms with E-state index in [0.29, 0.717) is 11.8 Å². The van der Waals surface area contributed by atoms with Gasteiger partial charge in [0.1, 0.15) is 5.69 Å². The zero-order valence-electron chi connectivity index (χ0n) is 16.3. The average Bonchev–Trinajstić information content (AvgIpc) is 3.57. The maximum absolute atomic E-state index is 13.1. The molecule has 28 heavy (non-hydrogen) atoms. The highest BCUT2D eigenvalue weighted by molar-refractivity contribution is 6.05. The molecule has 1 spiro atoms. The lowest BCUT2D eigenvalue weighted by Gasteiger charge is -2.46. The van der Waals surface area contributed by atoms with Gasteiger partial charge in [0.25, 0.3) is 5.91 Å². The van der Waals surface area contributed by atoms with Gasteiger partial charge in [0.15, 0.2) is 0 Å². The quantitative estimate of drug-likeness (QED) is 0.809. The summed E-state index contributed by atoms with van der Waals surface area (Å²) in [5.74, 6) is 0.829. The predicted molar refractivity (Wildman–Crippen MR) is 107 cm³/mol. The van der Waals surface area contributed by atoms with E-state index < -0.39 is 0 Å². The van der Waals surface area contributed by atoms with Gasteiger partial charge in [0.2, 0.25) is 0 Å². The first-order valence-electron chi connectivity index (χ1n) is 10.6. The van der Waals surface area contributed by atoms with Crippen LogP contribution in [0.5, 0.6) is 0 Å². The molecule has 5 heteroatoms. The molecular weight excluding hydrogens is 352 g/mol. The molecule has 1 amide bonds. The molecule has 3 heterocycles. The van der Waals surface area contributed by atoms with Gasteiger partial charge in [-0.3, -0.25) is 9.78 Å². The Morgan fingerprint density at radius 1 is 1.18 bits per heavy atom. The van der Waals surface area contributed by atoms with Crippen LogP contribution in [0.2, 0.25) is 0 Å². The normalized spacial score (nSPS) is 24.6. The lowest BCUT2D eigenvalue weighted by atomic mass is 9.83. The Bertz CT molecular complexity index is 851. The van der Waals surface area contributed by atoms with Crippen LogP contribution in [0.3, 0.4) is 0 Å². The van der Waals surface area contributed by atoms with E-state index in [1.54, 1.807) is 6.20 Å². The molecule has 5 nitrogen and oxygen atoms in total. The van der Waals surface area contributed by atoms with E-state index in [0.717, 1.165) is 68.7 Å². The number of rotatable bonds is 4. The number of piperidine rings is 1. The van der Waals surface area contributed by atoms with Crippen LogP contribution in [0, 0.1) is 5.92 Å². The number of likely N-dealkylation sites (tertiary alicyclic amines) is 1. The van der Waals surface area contributed by atoms with Crippen molar-refractivity contribution in [2.45, 2.75) is 50.2 Å². The van der Waals surface area contributed by atoms with E-state index in [1.807, 2.05) is 35.2 Å². The van der Waals surface area contributed by atoms with Crippen LogP contribution in [-0.2, 0) is 9.47 Å². The Labute approximate surface area is 166 Å². The fourth-order valence-corrected chi connectivity index (χ4v) is 4.59. The summed E-state index contributed by atoms with van der Waals surface area (Å²) in [6.45, 7) is 3.13. The van der Waals surface area contributed by atoms with Crippen LogP contribution in [-0.4, -0.2) is 53.8 Å². The largest absolute Gasteiger partial charge is 0.378 e. The molecule has 0 bridgehead atoms. The molecule has 1 aromatic heterocycles. The first-order chi connectivity index (χ1) is 13.7. The molecule has 3 aliphatic rings. The molecular formula is C23H28N2O3. The van der Waals surface area contributed by atoms with E-state index in [2.05, 4.69) is 4.98 Å². The summed E-state index contributed by atoms with van der Waals surface area (Å²) >= 11 is 0. The standard InChI is InChI=1S/C23H28N2O3/c26-22(21-20-4-2-1-3-18(20)7-11-24-21)25-12-9-23(10-13-25)15-19(8-14-28-23)27-16-17-5-6-17/h1-4,7,11,17,19H,5-6,8-10,12-16H2. The number of benzene rings is 1. The summed E-state index contributed by atoms with van der Waals surface area (Å²) < 4.78 is 12.4. The number of pyridine rings is 1. The second kappa shape index (κ2) is 7.45. The van der Waals surface area contributed by atoms with Crippen LogP contribution >= 0.6 is 0 Å². The van der Waals surface area contributed by atoms with Gasteiger partial charge < -0.3 is 14.4 Å². The average molecular weight is 380 g/mol. The molecule has 2 aromatic rings. The third-order valence-corrected chi connectivity index (χ3v) is 6.55. The Hall–Kier alpha value is -1.98. The van der Waals surface area contributed by atoms with E-state index in [-0.39, 0.29) is 11.5 Å². The Balaban J connectivity index is 1.24. The smallest absolute Gasteiger partial charge is 0.273 e. The van der Waals surface area contributed by atoms with Crippen molar-refractivity contribution >= 4 is 16.7 Å². The first-order valence-corrected chi connectivity index (χ1v) is 10.6. The minimum atomic E-state index is -0.116. The molecule has 5 rings (SSSR count). The molecule has 1 saturated carbocycles. The SMILES string of the molecule is O=C(c1nccc2ccccc12)N1CCC2(CC1)CC(OCC1CC1)CCO2. The summed E-state index contributed by atoms with van der Waals surface area (Å²) in [5.41, 5.74) is 0.444. The zero-order valence-corrected chi connectivity index (χ0v) is 16.3. The monoisotopic (exact) mass is 380 g/mol. The van der Waals surface area contributed by atoms with Crippen LogP contribution < -0.4 is 0 Å².